The quantitative estimate of drug-likeness (QED) is 0.806. The molecule has 0 aromatic carbocycles. The Bertz CT molecular complexity index is 362. The smallest absolute Gasteiger partial charge is 0.122 e. The van der Waals surface area contributed by atoms with Crippen molar-refractivity contribution in [3.63, 3.8) is 0 Å². The third-order valence-electron chi connectivity index (χ3n) is 3.58. The van der Waals surface area contributed by atoms with Crippen molar-refractivity contribution in [3.05, 3.63) is 23.5 Å². The highest BCUT2D eigenvalue weighted by Gasteiger charge is 2.13. The third kappa shape index (κ3) is 4.30. The number of aryl methyl sites for hydroxylation is 1. The van der Waals surface area contributed by atoms with Gasteiger partial charge in [0.05, 0.1) is 12.8 Å². The van der Waals surface area contributed by atoms with Crippen LogP contribution >= 0.6 is 0 Å². The van der Waals surface area contributed by atoms with Gasteiger partial charge in [-0.2, -0.15) is 0 Å². The summed E-state index contributed by atoms with van der Waals surface area (Å²) in [5.74, 6) is 1.62. The van der Waals surface area contributed by atoms with E-state index in [-0.39, 0.29) is 0 Å². The lowest BCUT2D eigenvalue weighted by atomic mass is 9.95. The molecule has 0 radical (unpaired) electrons. The SMILES string of the molecule is CCC(CC)C(C)NCc1cc(OC)cc(C)n1. The van der Waals surface area contributed by atoms with Crippen molar-refractivity contribution in [1.29, 1.82) is 0 Å². The second-order valence-corrected chi connectivity index (χ2v) is 4.89. The molecule has 1 aromatic heterocycles. The molecule has 0 fully saturated rings. The third-order valence-corrected chi connectivity index (χ3v) is 3.58. The summed E-state index contributed by atoms with van der Waals surface area (Å²) in [5, 5.41) is 3.56. The van der Waals surface area contributed by atoms with Crippen LogP contribution in [0.3, 0.4) is 0 Å². The minimum absolute atomic E-state index is 0.522. The van der Waals surface area contributed by atoms with E-state index in [0.717, 1.165) is 29.6 Å². The topological polar surface area (TPSA) is 34.1 Å². The van der Waals surface area contributed by atoms with Gasteiger partial charge in [0.1, 0.15) is 5.75 Å². The molecular weight excluding hydrogens is 224 g/mol. The molecule has 0 aliphatic heterocycles. The van der Waals surface area contributed by atoms with Crippen molar-refractivity contribution >= 4 is 0 Å². The van der Waals surface area contributed by atoms with E-state index in [1.54, 1.807) is 7.11 Å². The van der Waals surface area contributed by atoms with Gasteiger partial charge in [0, 0.05) is 30.4 Å². The van der Waals surface area contributed by atoms with Gasteiger partial charge in [-0.15, -0.1) is 0 Å². The van der Waals surface area contributed by atoms with Crippen LogP contribution in [0, 0.1) is 12.8 Å². The van der Waals surface area contributed by atoms with Gasteiger partial charge in [-0.1, -0.05) is 26.7 Å². The number of hydrogen-bond acceptors (Lipinski definition) is 3. The molecule has 0 aliphatic rings. The summed E-state index contributed by atoms with van der Waals surface area (Å²) in [5.41, 5.74) is 2.05. The molecule has 1 heterocycles. The molecule has 3 nitrogen and oxygen atoms in total. The van der Waals surface area contributed by atoms with Gasteiger partial charge < -0.3 is 10.1 Å². The summed E-state index contributed by atoms with van der Waals surface area (Å²) >= 11 is 0. The summed E-state index contributed by atoms with van der Waals surface area (Å²) in [4.78, 5) is 4.52. The molecule has 1 unspecified atom stereocenters. The number of hydrogen-bond donors (Lipinski definition) is 1. The van der Waals surface area contributed by atoms with Gasteiger partial charge in [-0.05, 0) is 19.8 Å². The number of methoxy groups -OCH3 is 1. The first-order chi connectivity index (χ1) is 8.60. The number of rotatable bonds is 7. The van der Waals surface area contributed by atoms with Crippen molar-refractivity contribution in [2.45, 2.75) is 53.1 Å². The first kappa shape index (κ1) is 15.0. The fraction of sp³-hybridized carbons (Fsp3) is 0.667. The highest BCUT2D eigenvalue weighted by atomic mass is 16.5. The Balaban J connectivity index is 2.60. The van der Waals surface area contributed by atoms with Gasteiger partial charge in [0.2, 0.25) is 0 Å². The van der Waals surface area contributed by atoms with E-state index in [0.29, 0.717) is 6.04 Å². The lowest BCUT2D eigenvalue weighted by Crippen LogP contribution is -2.32. The van der Waals surface area contributed by atoms with Crippen LogP contribution in [0.1, 0.15) is 45.0 Å². The van der Waals surface area contributed by atoms with Crippen molar-refractivity contribution in [2.75, 3.05) is 7.11 Å². The van der Waals surface area contributed by atoms with E-state index in [1.807, 2.05) is 19.1 Å². The zero-order valence-corrected chi connectivity index (χ0v) is 12.3. The Morgan fingerprint density at radius 2 is 1.94 bits per heavy atom. The fourth-order valence-electron chi connectivity index (χ4n) is 2.34. The van der Waals surface area contributed by atoms with E-state index in [1.165, 1.54) is 12.8 Å². The summed E-state index contributed by atoms with van der Waals surface area (Å²) in [6.45, 7) is 9.55. The number of nitrogens with one attached hydrogen (secondary N) is 1. The van der Waals surface area contributed by atoms with Crippen LogP contribution in [0.4, 0.5) is 0 Å². The van der Waals surface area contributed by atoms with Gasteiger partial charge in [-0.25, -0.2) is 0 Å². The van der Waals surface area contributed by atoms with E-state index < -0.39 is 0 Å². The predicted octanol–water partition coefficient (Wildman–Crippen LogP) is 3.31. The van der Waals surface area contributed by atoms with E-state index >= 15 is 0 Å². The second-order valence-electron chi connectivity index (χ2n) is 4.89. The molecule has 1 aromatic rings. The predicted molar refractivity (Wildman–Crippen MR) is 75.9 cm³/mol. The van der Waals surface area contributed by atoms with Crippen molar-refractivity contribution in [1.82, 2.24) is 10.3 Å². The monoisotopic (exact) mass is 250 g/mol. The van der Waals surface area contributed by atoms with Crippen LogP contribution in [0.25, 0.3) is 0 Å². The molecule has 3 heteroatoms. The van der Waals surface area contributed by atoms with Crippen LogP contribution < -0.4 is 10.1 Å². The van der Waals surface area contributed by atoms with Crippen LogP contribution in [0.2, 0.25) is 0 Å². The van der Waals surface area contributed by atoms with Crippen LogP contribution in [-0.2, 0) is 6.54 Å². The number of aromatic nitrogens is 1. The van der Waals surface area contributed by atoms with Crippen LogP contribution in [-0.4, -0.2) is 18.1 Å². The normalized spacial score (nSPS) is 12.8. The molecule has 1 rings (SSSR count). The molecular formula is C15H26N2O. The summed E-state index contributed by atoms with van der Waals surface area (Å²) in [6, 6.07) is 4.47. The standard InChI is InChI=1S/C15H26N2O/c1-6-13(7-2)12(4)16-10-14-9-15(18-5)8-11(3)17-14/h8-9,12-13,16H,6-7,10H2,1-5H3. The Morgan fingerprint density at radius 1 is 1.28 bits per heavy atom. The molecule has 0 bridgehead atoms. The molecule has 102 valence electrons. The average Bonchev–Trinajstić information content (AvgIpc) is 2.37. The summed E-state index contributed by atoms with van der Waals surface area (Å²) in [7, 11) is 1.69. The average molecular weight is 250 g/mol. The van der Waals surface area contributed by atoms with Crippen LogP contribution in [0.5, 0.6) is 5.75 Å². The van der Waals surface area contributed by atoms with Gasteiger partial charge in [-0.3, -0.25) is 4.98 Å². The van der Waals surface area contributed by atoms with E-state index in [4.69, 9.17) is 4.74 Å². The maximum atomic E-state index is 5.26. The molecule has 1 N–H and O–H groups in total. The highest BCUT2D eigenvalue weighted by molar-refractivity contribution is 5.26. The molecule has 0 aliphatic carbocycles. The Kier molecular flexibility index (Phi) is 6.13. The first-order valence-electron chi connectivity index (χ1n) is 6.85. The Labute approximate surface area is 111 Å². The lowest BCUT2D eigenvalue weighted by Gasteiger charge is -2.22. The second kappa shape index (κ2) is 7.37. The molecule has 0 spiro atoms. The maximum Gasteiger partial charge on any atom is 0.122 e. The summed E-state index contributed by atoms with van der Waals surface area (Å²) < 4.78 is 5.26. The van der Waals surface area contributed by atoms with Crippen LogP contribution in [0.15, 0.2) is 12.1 Å². The molecule has 1 atom stereocenters. The largest absolute Gasteiger partial charge is 0.497 e. The number of pyridine rings is 1. The van der Waals surface area contributed by atoms with Gasteiger partial charge in [0.15, 0.2) is 0 Å². The number of ether oxygens (including phenoxy) is 1. The van der Waals surface area contributed by atoms with Crippen molar-refractivity contribution in [2.24, 2.45) is 5.92 Å². The lowest BCUT2D eigenvalue weighted by molar-refractivity contribution is 0.351. The minimum Gasteiger partial charge on any atom is -0.497 e. The molecule has 0 saturated heterocycles. The minimum atomic E-state index is 0.522. The van der Waals surface area contributed by atoms with Gasteiger partial charge >= 0.3 is 0 Å². The Hall–Kier alpha value is -1.09. The molecule has 0 saturated carbocycles. The highest BCUT2D eigenvalue weighted by Crippen LogP contribution is 2.15. The molecule has 18 heavy (non-hydrogen) atoms. The first-order valence-corrected chi connectivity index (χ1v) is 6.85. The van der Waals surface area contributed by atoms with E-state index in [9.17, 15) is 0 Å². The molecule has 0 amide bonds. The van der Waals surface area contributed by atoms with E-state index in [2.05, 4.69) is 31.1 Å². The zero-order chi connectivity index (χ0) is 13.5. The van der Waals surface area contributed by atoms with Crippen molar-refractivity contribution in [3.8, 4) is 5.75 Å². The zero-order valence-electron chi connectivity index (χ0n) is 12.3. The fourth-order valence-corrected chi connectivity index (χ4v) is 2.34. The number of nitrogens with zero attached hydrogens (tertiary/aromatic N) is 1. The summed E-state index contributed by atoms with van der Waals surface area (Å²) in [6.07, 6.45) is 2.43. The Morgan fingerprint density at radius 3 is 2.50 bits per heavy atom. The van der Waals surface area contributed by atoms with Crippen molar-refractivity contribution < 1.29 is 4.74 Å². The maximum absolute atomic E-state index is 5.26. The van der Waals surface area contributed by atoms with Gasteiger partial charge in [0.25, 0.3) is 0 Å².